The minimum absolute atomic E-state index is 0.125. The summed E-state index contributed by atoms with van der Waals surface area (Å²) in [6.45, 7) is 0.426. The SMILES string of the molecule is COC(=O)CC1CN(c2ccccc2)c2cc(C(=O)O)ccc2O1. The van der Waals surface area contributed by atoms with Gasteiger partial charge in [0.15, 0.2) is 0 Å². The maximum absolute atomic E-state index is 11.6. The number of carbonyl (C=O) groups excluding carboxylic acids is 1. The highest BCUT2D eigenvalue weighted by Crippen LogP contribution is 2.39. The maximum atomic E-state index is 11.6. The third-order valence-corrected chi connectivity index (χ3v) is 3.87. The fourth-order valence-corrected chi connectivity index (χ4v) is 2.71. The molecule has 0 spiro atoms. The van der Waals surface area contributed by atoms with E-state index >= 15 is 0 Å². The van der Waals surface area contributed by atoms with E-state index in [4.69, 9.17) is 9.47 Å². The zero-order valence-corrected chi connectivity index (χ0v) is 13.1. The molecule has 0 saturated heterocycles. The van der Waals surface area contributed by atoms with Crippen molar-refractivity contribution in [3.63, 3.8) is 0 Å². The highest BCUT2D eigenvalue weighted by atomic mass is 16.5. The predicted octanol–water partition coefficient (Wildman–Crippen LogP) is 2.85. The molecule has 1 unspecified atom stereocenters. The molecule has 1 heterocycles. The second-order valence-electron chi connectivity index (χ2n) is 5.45. The normalized spacial score (nSPS) is 16.0. The molecular formula is C18H17NO5. The summed E-state index contributed by atoms with van der Waals surface area (Å²) in [5.74, 6) is -0.801. The van der Waals surface area contributed by atoms with Crippen molar-refractivity contribution in [3.8, 4) is 5.75 Å². The molecule has 0 amide bonds. The smallest absolute Gasteiger partial charge is 0.335 e. The Labute approximate surface area is 139 Å². The number of hydrogen-bond acceptors (Lipinski definition) is 5. The molecule has 0 bridgehead atoms. The van der Waals surface area contributed by atoms with E-state index in [-0.39, 0.29) is 24.1 Å². The van der Waals surface area contributed by atoms with Gasteiger partial charge in [-0.15, -0.1) is 0 Å². The summed E-state index contributed by atoms with van der Waals surface area (Å²) in [5, 5.41) is 9.23. The summed E-state index contributed by atoms with van der Waals surface area (Å²) >= 11 is 0. The van der Waals surface area contributed by atoms with Gasteiger partial charge in [-0.05, 0) is 30.3 Å². The molecule has 0 saturated carbocycles. The topological polar surface area (TPSA) is 76.1 Å². The molecular weight excluding hydrogens is 310 g/mol. The number of nitrogens with zero attached hydrogens (tertiary/aromatic N) is 1. The van der Waals surface area contributed by atoms with Gasteiger partial charge in [-0.3, -0.25) is 4.79 Å². The molecule has 6 nitrogen and oxygen atoms in total. The number of esters is 1. The van der Waals surface area contributed by atoms with Gasteiger partial charge in [-0.2, -0.15) is 0 Å². The lowest BCUT2D eigenvalue weighted by atomic mass is 10.1. The van der Waals surface area contributed by atoms with Crippen LogP contribution in [0.5, 0.6) is 5.75 Å². The molecule has 1 aliphatic heterocycles. The number of hydrogen-bond donors (Lipinski definition) is 1. The molecule has 0 aromatic heterocycles. The maximum Gasteiger partial charge on any atom is 0.335 e. The van der Waals surface area contributed by atoms with Crippen LogP contribution < -0.4 is 9.64 Å². The van der Waals surface area contributed by atoms with Gasteiger partial charge in [0.2, 0.25) is 0 Å². The standard InChI is InChI=1S/C18H17NO5/c1-23-17(20)10-14-11-19(13-5-3-2-4-6-13)15-9-12(18(21)22)7-8-16(15)24-14/h2-9,14H,10-11H2,1H3,(H,21,22). The monoisotopic (exact) mass is 327 g/mol. The van der Waals surface area contributed by atoms with Gasteiger partial charge in [0, 0.05) is 5.69 Å². The number of carboxylic acid groups (broad SMARTS) is 1. The number of ether oxygens (including phenoxy) is 2. The van der Waals surface area contributed by atoms with E-state index in [9.17, 15) is 14.7 Å². The number of methoxy groups -OCH3 is 1. The van der Waals surface area contributed by atoms with Gasteiger partial charge in [-0.1, -0.05) is 18.2 Å². The quantitative estimate of drug-likeness (QED) is 0.870. The van der Waals surface area contributed by atoms with Crippen LogP contribution in [0.4, 0.5) is 11.4 Å². The first-order valence-electron chi connectivity index (χ1n) is 7.52. The number of aromatic carboxylic acids is 1. The molecule has 1 aliphatic rings. The van der Waals surface area contributed by atoms with Crippen molar-refractivity contribution in [1.82, 2.24) is 0 Å². The Morgan fingerprint density at radius 3 is 2.67 bits per heavy atom. The Balaban J connectivity index is 2.00. The van der Waals surface area contributed by atoms with Crippen LogP contribution in [-0.2, 0) is 9.53 Å². The van der Waals surface area contributed by atoms with Crippen LogP contribution in [0.2, 0.25) is 0 Å². The third kappa shape index (κ3) is 3.17. The molecule has 2 aromatic rings. The Bertz CT molecular complexity index is 759. The molecule has 0 radical (unpaired) electrons. The number of anilines is 2. The predicted molar refractivity (Wildman–Crippen MR) is 87.9 cm³/mol. The summed E-state index contributed by atoms with van der Waals surface area (Å²) < 4.78 is 10.6. The number of carboxylic acids is 1. The molecule has 2 aromatic carbocycles. The summed E-state index contributed by atoms with van der Waals surface area (Å²) in [7, 11) is 1.34. The van der Waals surface area contributed by atoms with Gasteiger partial charge >= 0.3 is 11.9 Å². The lowest BCUT2D eigenvalue weighted by Crippen LogP contribution is -2.39. The lowest BCUT2D eigenvalue weighted by molar-refractivity contribution is -0.142. The van der Waals surface area contributed by atoms with Gasteiger partial charge < -0.3 is 19.5 Å². The highest BCUT2D eigenvalue weighted by Gasteiger charge is 2.29. The summed E-state index contributed by atoms with van der Waals surface area (Å²) in [6, 6.07) is 14.3. The summed E-state index contributed by atoms with van der Waals surface area (Å²) in [5.41, 5.74) is 1.76. The molecule has 1 atom stereocenters. The minimum atomic E-state index is -0.998. The van der Waals surface area contributed by atoms with E-state index in [2.05, 4.69) is 0 Å². The van der Waals surface area contributed by atoms with Crippen molar-refractivity contribution < 1.29 is 24.2 Å². The molecule has 3 rings (SSSR count). The van der Waals surface area contributed by atoms with Crippen molar-refractivity contribution in [2.75, 3.05) is 18.6 Å². The van der Waals surface area contributed by atoms with Crippen LogP contribution in [0.15, 0.2) is 48.5 Å². The van der Waals surface area contributed by atoms with Crippen LogP contribution in [0.3, 0.4) is 0 Å². The van der Waals surface area contributed by atoms with E-state index in [1.807, 2.05) is 35.2 Å². The van der Waals surface area contributed by atoms with E-state index in [0.717, 1.165) is 5.69 Å². The van der Waals surface area contributed by atoms with E-state index < -0.39 is 5.97 Å². The fraction of sp³-hybridized carbons (Fsp3) is 0.222. The molecule has 24 heavy (non-hydrogen) atoms. The fourth-order valence-electron chi connectivity index (χ4n) is 2.71. The first-order valence-corrected chi connectivity index (χ1v) is 7.52. The van der Waals surface area contributed by atoms with Crippen LogP contribution in [0, 0.1) is 0 Å². The Hall–Kier alpha value is -3.02. The van der Waals surface area contributed by atoms with Crippen LogP contribution >= 0.6 is 0 Å². The molecule has 6 heteroatoms. The zero-order chi connectivity index (χ0) is 17.1. The van der Waals surface area contributed by atoms with Gasteiger partial charge in [0.1, 0.15) is 11.9 Å². The van der Waals surface area contributed by atoms with Gasteiger partial charge in [0.05, 0.1) is 31.3 Å². The Morgan fingerprint density at radius 1 is 1.25 bits per heavy atom. The van der Waals surface area contributed by atoms with E-state index in [0.29, 0.717) is 18.0 Å². The largest absolute Gasteiger partial charge is 0.486 e. The first kappa shape index (κ1) is 15.9. The van der Waals surface area contributed by atoms with Crippen molar-refractivity contribution in [1.29, 1.82) is 0 Å². The van der Waals surface area contributed by atoms with Crippen LogP contribution in [-0.4, -0.2) is 36.8 Å². The number of rotatable bonds is 4. The number of para-hydroxylation sites is 1. The van der Waals surface area contributed by atoms with E-state index in [1.54, 1.807) is 12.1 Å². The second kappa shape index (κ2) is 6.62. The van der Waals surface area contributed by atoms with Crippen LogP contribution in [0.25, 0.3) is 0 Å². The highest BCUT2D eigenvalue weighted by molar-refractivity contribution is 5.90. The molecule has 1 N–H and O–H groups in total. The van der Waals surface area contributed by atoms with E-state index in [1.165, 1.54) is 13.2 Å². The lowest BCUT2D eigenvalue weighted by Gasteiger charge is -2.36. The number of fused-ring (bicyclic) bond motifs is 1. The first-order chi connectivity index (χ1) is 11.6. The summed E-state index contributed by atoms with van der Waals surface area (Å²) in [6.07, 6.45) is -0.249. The zero-order valence-electron chi connectivity index (χ0n) is 13.1. The third-order valence-electron chi connectivity index (χ3n) is 3.87. The van der Waals surface area contributed by atoms with Crippen LogP contribution in [0.1, 0.15) is 16.8 Å². The average Bonchev–Trinajstić information content (AvgIpc) is 2.61. The minimum Gasteiger partial charge on any atom is -0.486 e. The summed E-state index contributed by atoms with van der Waals surface area (Å²) in [4.78, 5) is 24.8. The number of carbonyl (C=O) groups is 2. The van der Waals surface area contributed by atoms with Crippen molar-refractivity contribution in [2.45, 2.75) is 12.5 Å². The van der Waals surface area contributed by atoms with Gasteiger partial charge in [0.25, 0.3) is 0 Å². The second-order valence-corrected chi connectivity index (χ2v) is 5.45. The van der Waals surface area contributed by atoms with Crippen molar-refractivity contribution in [3.05, 3.63) is 54.1 Å². The van der Waals surface area contributed by atoms with Crippen molar-refractivity contribution >= 4 is 23.3 Å². The molecule has 124 valence electrons. The average molecular weight is 327 g/mol. The van der Waals surface area contributed by atoms with Crippen molar-refractivity contribution in [2.24, 2.45) is 0 Å². The van der Waals surface area contributed by atoms with Gasteiger partial charge in [-0.25, -0.2) is 4.79 Å². The Kier molecular flexibility index (Phi) is 4.37. The Morgan fingerprint density at radius 2 is 2.00 bits per heavy atom. The molecule has 0 fully saturated rings. The number of benzene rings is 2. The molecule has 0 aliphatic carbocycles.